The summed E-state index contributed by atoms with van der Waals surface area (Å²) in [4.78, 5) is 0. The van der Waals surface area contributed by atoms with Crippen LogP contribution in [0.1, 0.15) is 51.7 Å². The number of halogens is 1. The van der Waals surface area contributed by atoms with Gasteiger partial charge in [0.25, 0.3) is 0 Å². The maximum atomic E-state index is 13.2. The quantitative estimate of drug-likeness (QED) is 0.794. The molecule has 0 radical (unpaired) electrons. The Kier molecular flexibility index (Phi) is 5.80. The number of aryl methyl sites for hydroxylation is 1. The van der Waals surface area contributed by atoms with Crippen LogP contribution in [0.2, 0.25) is 0 Å². The van der Waals surface area contributed by atoms with Crippen LogP contribution in [-0.4, -0.2) is 13.1 Å². The van der Waals surface area contributed by atoms with E-state index in [2.05, 4.69) is 26.1 Å². The van der Waals surface area contributed by atoms with Crippen molar-refractivity contribution in [3.05, 3.63) is 35.1 Å². The number of benzene rings is 1. The molecular formula is C16H26FN. The Morgan fingerprint density at radius 2 is 1.78 bits per heavy atom. The summed E-state index contributed by atoms with van der Waals surface area (Å²) < 4.78 is 13.2. The summed E-state index contributed by atoms with van der Waals surface area (Å²) in [6.45, 7) is 10.9. The van der Waals surface area contributed by atoms with Gasteiger partial charge in [-0.2, -0.15) is 0 Å². The average molecular weight is 251 g/mol. The number of rotatable bonds is 1. The molecule has 1 saturated heterocycles. The van der Waals surface area contributed by atoms with E-state index in [9.17, 15) is 4.39 Å². The van der Waals surface area contributed by atoms with Crippen LogP contribution < -0.4 is 5.32 Å². The van der Waals surface area contributed by atoms with Crippen LogP contribution in [0.15, 0.2) is 18.2 Å². The Hall–Kier alpha value is -0.890. The molecule has 0 amide bonds. The molecule has 0 aromatic heterocycles. The van der Waals surface area contributed by atoms with E-state index in [0.717, 1.165) is 12.0 Å². The van der Waals surface area contributed by atoms with E-state index in [4.69, 9.17) is 0 Å². The van der Waals surface area contributed by atoms with Crippen molar-refractivity contribution in [1.29, 1.82) is 0 Å². The molecule has 1 nitrogen and oxygen atoms in total. The van der Waals surface area contributed by atoms with Gasteiger partial charge < -0.3 is 5.32 Å². The Morgan fingerprint density at radius 3 is 2.17 bits per heavy atom. The van der Waals surface area contributed by atoms with Crippen molar-refractivity contribution < 1.29 is 4.39 Å². The fourth-order valence-corrected chi connectivity index (χ4v) is 1.94. The van der Waals surface area contributed by atoms with Crippen LogP contribution in [0.3, 0.4) is 0 Å². The van der Waals surface area contributed by atoms with Crippen LogP contribution in [0.4, 0.5) is 4.39 Å². The summed E-state index contributed by atoms with van der Waals surface area (Å²) in [7, 11) is 0. The highest BCUT2D eigenvalue weighted by molar-refractivity contribution is 5.29. The van der Waals surface area contributed by atoms with Crippen LogP contribution in [0, 0.1) is 5.82 Å². The largest absolute Gasteiger partial charge is 0.317 e. The van der Waals surface area contributed by atoms with E-state index >= 15 is 0 Å². The Labute approximate surface area is 111 Å². The molecule has 102 valence electrons. The topological polar surface area (TPSA) is 12.0 Å². The van der Waals surface area contributed by atoms with E-state index in [-0.39, 0.29) is 11.2 Å². The van der Waals surface area contributed by atoms with Gasteiger partial charge in [0.15, 0.2) is 0 Å². The first-order valence-electron chi connectivity index (χ1n) is 6.94. The first-order chi connectivity index (χ1) is 8.45. The summed E-state index contributed by atoms with van der Waals surface area (Å²) in [5.41, 5.74) is 2.12. The second-order valence-electron chi connectivity index (χ2n) is 5.87. The molecule has 0 bridgehead atoms. The van der Waals surface area contributed by atoms with Gasteiger partial charge in [-0.15, -0.1) is 0 Å². The van der Waals surface area contributed by atoms with Crippen LogP contribution in [0.25, 0.3) is 0 Å². The lowest BCUT2D eigenvalue weighted by atomic mass is 9.86. The third-order valence-corrected chi connectivity index (χ3v) is 3.25. The van der Waals surface area contributed by atoms with E-state index in [0.29, 0.717) is 0 Å². The molecule has 1 aromatic carbocycles. The normalized spacial score (nSPS) is 15.2. The van der Waals surface area contributed by atoms with Gasteiger partial charge >= 0.3 is 0 Å². The van der Waals surface area contributed by atoms with Gasteiger partial charge in [-0.3, -0.25) is 0 Å². The summed E-state index contributed by atoms with van der Waals surface area (Å²) in [5.74, 6) is -0.0875. The van der Waals surface area contributed by atoms with Crippen molar-refractivity contribution in [1.82, 2.24) is 5.32 Å². The highest BCUT2D eigenvalue weighted by atomic mass is 19.1. The molecule has 1 fully saturated rings. The monoisotopic (exact) mass is 251 g/mol. The number of hydrogen-bond acceptors (Lipinski definition) is 1. The summed E-state index contributed by atoms with van der Waals surface area (Å²) in [6.07, 6.45) is 3.54. The van der Waals surface area contributed by atoms with Gasteiger partial charge in [0.1, 0.15) is 5.82 Å². The van der Waals surface area contributed by atoms with E-state index in [1.807, 2.05) is 19.1 Å². The van der Waals surface area contributed by atoms with Gasteiger partial charge in [0, 0.05) is 0 Å². The van der Waals surface area contributed by atoms with Crippen LogP contribution in [-0.2, 0) is 11.8 Å². The van der Waals surface area contributed by atoms with Gasteiger partial charge in [-0.25, -0.2) is 4.39 Å². The smallest absolute Gasteiger partial charge is 0.126 e. The first-order valence-corrected chi connectivity index (χ1v) is 6.94. The second kappa shape index (κ2) is 6.89. The fourth-order valence-electron chi connectivity index (χ4n) is 1.94. The minimum absolute atomic E-state index is 0.0875. The van der Waals surface area contributed by atoms with Crippen molar-refractivity contribution in [2.24, 2.45) is 0 Å². The average Bonchev–Trinajstić information content (AvgIpc) is 2.86. The molecule has 0 saturated carbocycles. The van der Waals surface area contributed by atoms with Crippen molar-refractivity contribution in [2.75, 3.05) is 13.1 Å². The third kappa shape index (κ3) is 4.77. The molecule has 0 aliphatic carbocycles. The van der Waals surface area contributed by atoms with E-state index in [1.165, 1.54) is 31.5 Å². The number of nitrogens with one attached hydrogen (secondary N) is 1. The molecule has 1 aromatic rings. The third-order valence-electron chi connectivity index (χ3n) is 3.25. The molecule has 0 atom stereocenters. The standard InChI is InChI=1S/C12H17F.C4H9N/c1-5-9-8-10(12(2,3)4)6-7-11(9)13;1-2-4-5-3-1/h6-8H,5H2,1-4H3;5H,1-4H2. The van der Waals surface area contributed by atoms with Crippen molar-refractivity contribution >= 4 is 0 Å². The summed E-state index contributed by atoms with van der Waals surface area (Å²) in [5, 5.41) is 3.22. The first kappa shape index (κ1) is 15.2. The summed E-state index contributed by atoms with van der Waals surface area (Å²) in [6, 6.07) is 5.41. The molecule has 18 heavy (non-hydrogen) atoms. The molecular weight excluding hydrogens is 225 g/mol. The zero-order chi connectivity index (χ0) is 13.6. The predicted molar refractivity (Wildman–Crippen MR) is 76.6 cm³/mol. The molecule has 0 unspecified atom stereocenters. The molecule has 1 N–H and O–H groups in total. The SMILES string of the molecule is C1CCNC1.CCc1cc(C(C)(C)C)ccc1F. The molecule has 1 aliphatic rings. The lowest BCUT2D eigenvalue weighted by Crippen LogP contribution is -2.11. The molecule has 2 heteroatoms. The van der Waals surface area contributed by atoms with Gasteiger partial charge in [-0.05, 0) is 55.0 Å². The second-order valence-corrected chi connectivity index (χ2v) is 5.87. The maximum Gasteiger partial charge on any atom is 0.126 e. The maximum absolute atomic E-state index is 13.2. The van der Waals surface area contributed by atoms with Crippen LogP contribution >= 0.6 is 0 Å². The van der Waals surface area contributed by atoms with Gasteiger partial charge in [-0.1, -0.05) is 39.8 Å². The lowest BCUT2D eigenvalue weighted by molar-refractivity contribution is 0.577. The van der Waals surface area contributed by atoms with E-state index in [1.54, 1.807) is 6.07 Å². The summed E-state index contributed by atoms with van der Waals surface area (Å²) >= 11 is 0. The zero-order valence-electron chi connectivity index (χ0n) is 12.1. The minimum atomic E-state index is -0.0875. The highest BCUT2D eigenvalue weighted by Crippen LogP contribution is 2.24. The van der Waals surface area contributed by atoms with Crippen molar-refractivity contribution in [3.63, 3.8) is 0 Å². The van der Waals surface area contributed by atoms with Crippen molar-refractivity contribution in [3.8, 4) is 0 Å². The molecule has 0 spiro atoms. The zero-order valence-corrected chi connectivity index (χ0v) is 12.1. The van der Waals surface area contributed by atoms with Crippen LogP contribution in [0.5, 0.6) is 0 Å². The van der Waals surface area contributed by atoms with E-state index < -0.39 is 0 Å². The predicted octanol–water partition coefficient (Wildman–Crippen LogP) is 4.06. The van der Waals surface area contributed by atoms with Gasteiger partial charge in [0.2, 0.25) is 0 Å². The van der Waals surface area contributed by atoms with Crippen molar-refractivity contribution in [2.45, 2.75) is 52.4 Å². The molecule has 2 rings (SSSR count). The lowest BCUT2D eigenvalue weighted by Gasteiger charge is -2.19. The molecule has 1 heterocycles. The fraction of sp³-hybridized carbons (Fsp3) is 0.625. The highest BCUT2D eigenvalue weighted by Gasteiger charge is 2.14. The Balaban J connectivity index is 0.000000269. The van der Waals surface area contributed by atoms with Gasteiger partial charge in [0.05, 0.1) is 0 Å². The minimum Gasteiger partial charge on any atom is -0.317 e. The Morgan fingerprint density at radius 1 is 1.17 bits per heavy atom. The Bertz CT molecular complexity index is 354. The molecule has 1 aliphatic heterocycles. The number of hydrogen-bond donors (Lipinski definition) is 1.